The molecule has 12 rings (SSSR count). The number of tetrazole rings is 2. The highest BCUT2D eigenvalue weighted by Crippen LogP contribution is 2.51. The maximum atomic E-state index is 9.77. The van der Waals surface area contributed by atoms with Crippen LogP contribution in [0.5, 0.6) is 23.0 Å². The standard InChI is InChI=1S/C22H22N8O.C18H18N6O.C4H4N2O/c1-2-4-19-17(3-1)30(16-7-11-29(12-8-16)14-21-23-9-10-24-21)18-6-5-15(13-20(18)31-19)22-25-27-28-26-22;1-2-4-16-14(3-1)24(13-7-9-19-10-8-13)15-6-5-12(11-17(15)25-16)18-20-22-23-21-18;7-3-4-5-1-2-6-4/h1-6,9-10,13,16H,7-8,11-12,14H2,(H,23,24)(H,25,26,27,28);1-6,11,13,19H,7-10H2,(H,20,21,22,23);1-3H,(H,5,6). The van der Waals surface area contributed by atoms with Gasteiger partial charge in [-0.15, -0.1) is 20.4 Å². The monoisotopic (exact) mass is 844 g/mol. The second-order valence-corrected chi connectivity index (χ2v) is 15.3. The molecule has 0 aliphatic carbocycles. The molecule has 0 bridgehead atoms. The molecule has 0 saturated carbocycles. The maximum Gasteiger partial charge on any atom is 0.204 e. The van der Waals surface area contributed by atoms with Gasteiger partial charge in [0, 0.05) is 61.1 Å². The number of fused-ring (bicyclic) bond motifs is 4. The number of nitrogens with zero attached hydrogens (tertiary/aromatic N) is 11. The molecule has 2 saturated heterocycles. The van der Waals surface area contributed by atoms with E-state index >= 15 is 0 Å². The molecule has 63 heavy (non-hydrogen) atoms. The van der Waals surface area contributed by atoms with E-state index in [4.69, 9.17) is 9.47 Å². The minimum atomic E-state index is 0.375. The van der Waals surface area contributed by atoms with Crippen molar-refractivity contribution in [3.63, 3.8) is 0 Å². The fraction of sp³-hybridized carbons (Fsp3) is 0.250. The van der Waals surface area contributed by atoms with E-state index in [1.807, 2.05) is 60.9 Å². The molecule has 0 spiro atoms. The second kappa shape index (κ2) is 18.1. The Morgan fingerprint density at radius 3 is 1.65 bits per heavy atom. The van der Waals surface area contributed by atoms with Gasteiger partial charge in [-0.1, -0.05) is 24.3 Å². The Balaban J connectivity index is 0.000000132. The van der Waals surface area contributed by atoms with E-state index in [0.29, 0.717) is 35.8 Å². The minimum absolute atomic E-state index is 0.375. The number of anilines is 4. The van der Waals surface area contributed by atoms with E-state index < -0.39 is 0 Å². The highest BCUT2D eigenvalue weighted by molar-refractivity contribution is 5.82. The number of rotatable bonds is 7. The predicted molar refractivity (Wildman–Crippen MR) is 233 cm³/mol. The Bertz CT molecular complexity index is 2710. The summed E-state index contributed by atoms with van der Waals surface area (Å²) < 4.78 is 12.5. The van der Waals surface area contributed by atoms with Crippen molar-refractivity contribution in [2.75, 3.05) is 36.0 Å². The molecule has 318 valence electrons. The van der Waals surface area contributed by atoms with Crippen molar-refractivity contribution in [1.29, 1.82) is 0 Å². The van der Waals surface area contributed by atoms with Crippen LogP contribution in [0.15, 0.2) is 110 Å². The van der Waals surface area contributed by atoms with E-state index in [-0.39, 0.29) is 0 Å². The Labute approximate surface area is 361 Å². The summed E-state index contributed by atoms with van der Waals surface area (Å²) in [4.78, 5) is 30.9. The van der Waals surface area contributed by atoms with Crippen molar-refractivity contribution in [2.45, 2.75) is 44.3 Å². The van der Waals surface area contributed by atoms with E-state index in [9.17, 15) is 4.79 Å². The number of nitrogens with one attached hydrogen (secondary N) is 5. The normalized spacial score (nSPS) is 15.8. The Kier molecular flexibility index (Phi) is 11.3. The lowest BCUT2D eigenvalue weighted by Gasteiger charge is -2.42. The molecule has 19 nitrogen and oxygen atoms in total. The van der Waals surface area contributed by atoms with Crippen LogP contribution in [0.2, 0.25) is 0 Å². The summed E-state index contributed by atoms with van der Waals surface area (Å²) in [6, 6.07) is 29.6. The number of hydrogen-bond donors (Lipinski definition) is 5. The van der Waals surface area contributed by atoms with Crippen LogP contribution in [0.1, 0.15) is 42.1 Å². The van der Waals surface area contributed by atoms with Crippen molar-refractivity contribution in [3.05, 3.63) is 121 Å². The van der Waals surface area contributed by atoms with Gasteiger partial charge in [-0.05, 0) is 110 Å². The molecule has 0 atom stereocenters. The highest BCUT2D eigenvalue weighted by Gasteiger charge is 2.34. The number of aromatic nitrogens is 12. The van der Waals surface area contributed by atoms with Crippen LogP contribution in [0.3, 0.4) is 0 Å². The Morgan fingerprint density at radius 2 is 1.16 bits per heavy atom. The number of aromatic amines is 4. The third-order valence-corrected chi connectivity index (χ3v) is 11.5. The largest absolute Gasteiger partial charge is 0.453 e. The van der Waals surface area contributed by atoms with Crippen LogP contribution >= 0.6 is 0 Å². The molecule has 4 aromatic carbocycles. The van der Waals surface area contributed by atoms with Gasteiger partial charge in [0.1, 0.15) is 5.82 Å². The van der Waals surface area contributed by atoms with Gasteiger partial charge in [0.05, 0.1) is 29.3 Å². The third kappa shape index (κ3) is 8.46. The van der Waals surface area contributed by atoms with Crippen LogP contribution in [0.25, 0.3) is 22.8 Å². The molecule has 8 aromatic rings. The van der Waals surface area contributed by atoms with Crippen LogP contribution in [0.4, 0.5) is 22.7 Å². The predicted octanol–water partition coefficient (Wildman–Crippen LogP) is 6.58. The highest BCUT2D eigenvalue weighted by atomic mass is 16.5. The molecule has 4 aromatic heterocycles. The van der Waals surface area contributed by atoms with Crippen molar-refractivity contribution >= 4 is 29.0 Å². The summed E-state index contributed by atoms with van der Waals surface area (Å²) in [6.07, 6.45) is 11.9. The summed E-state index contributed by atoms with van der Waals surface area (Å²) in [5.41, 5.74) is 6.19. The molecule has 8 heterocycles. The molecule has 0 radical (unpaired) electrons. The fourth-order valence-corrected chi connectivity index (χ4v) is 8.54. The topological polar surface area (TPSA) is 224 Å². The zero-order valence-corrected chi connectivity index (χ0v) is 34.1. The van der Waals surface area contributed by atoms with Gasteiger partial charge >= 0.3 is 0 Å². The number of imidazole rings is 2. The SMILES string of the molecule is O=Cc1ncc[nH]1.c1ccc2c(c1)Oc1cc(-c3nn[nH]n3)ccc1N2C1CCN(Cc2ncc[nH]2)CC1.c1ccc2c(c1)Oc1cc(-c3nn[nH]n3)ccc1N2C1CCNCC1. The van der Waals surface area contributed by atoms with Gasteiger partial charge in [-0.3, -0.25) is 9.69 Å². The fourth-order valence-electron chi connectivity index (χ4n) is 8.54. The molecule has 2 fully saturated rings. The van der Waals surface area contributed by atoms with Crippen LogP contribution in [-0.4, -0.2) is 111 Å². The number of ether oxygens (including phenoxy) is 2. The minimum Gasteiger partial charge on any atom is -0.453 e. The number of H-pyrrole nitrogens is 4. The van der Waals surface area contributed by atoms with Crippen molar-refractivity contribution < 1.29 is 14.3 Å². The maximum absolute atomic E-state index is 9.77. The number of para-hydroxylation sites is 4. The number of carbonyl (C=O) groups is 1. The quantitative estimate of drug-likeness (QED) is 0.107. The van der Waals surface area contributed by atoms with Crippen LogP contribution in [0, 0.1) is 0 Å². The van der Waals surface area contributed by atoms with E-state index in [1.54, 1.807) is 6.20 Å². The number of likely N-dealkylation sites (tertiary alicyclic amines) is 1. The summed E-state index contributed by atoms with van der Waals surface area (Å²) in [6.45, 7) is 5.01. The van der Waals surface area contributed by atoms with Crippen molar-refractivity contribution in [3.8, 4) is 45.8 Å². The molecule has 19 heteroatoms. The lowest BCUT2D eigenvalue weighted by atomic mass is 9.99. The first kappa shape index (κ1) is 39.4. The van der Waals surface area contributed by atoms with E-state index in [1.165, 1.54) is 6.20 Å². The summed E-state index contributed by atoms with van der Waals surface area (Å²) in [7, 11) is 0. The summed E-state index contributed by atoms with van der Waals surface area (Å²) in [5, 5.41) is 32.1. The van der Waals surface area contributed by atoms with Crippen LogP contribution in [-0.2, 0) is 6.54 Å². The summed E-state index contributed by atoms with van der Waals surface area (Å²) in [5.74, 6) is 5.94. The number of hydrogen-bond acceptors (Lipinski definition) is 15. The molecule has 5 N–H and O–H groups in total. The molecule has 4 aliphatic heterocycles. The average Bonchev–Trinajstić information content (AvgIpc) is 4.21. The Hall–Kier alpha value is -7.77. The lowest BCUT2D eigenvalue weighted by Crippen LogP contribution is -2.43. The second-order valence-electron chi connectivity index (χ2n) is 15.3. The van der Waals surface area contributed by atoms with Crippen LogP contribution < -0.4 is 24.6 Å². The molecule has 0 amide bonds. The first-order valence-electron chi connectivity index (χ1n) is 20.9. The van der Waals surface area contributed by atoms with Gasteiger partial charge in [-0.2, -0.15) is 10.4 Å². The third-order valence-electron chi connectivity index (χ3n) is 11.5. The molecular weight excluding hydrogens is 801 g/mol. The first-order chi connectivity index (χ1) is 31.2. The number of aldehydes is 1. The average molecular weight is 845 g/mol. The van der Waals surface area contributed by atoms with Crippen molar-refractivity contribution in [1.82, 2.24) is 71.4 Å². The molecular formula is C44H44N16O3. The summed E-state index contributed by atoms with van der Waals surface area (Å²) >= 11 is 0. The van der Waals surface area contributed by atoms with E-state index in [0.717, 1.165) is 121 Å². The Morgan fingerprint density at radius 1 is 0.619 bits per heavy atom. The number of carbonyl (C=O) groups excluding carboxylic acids is 1. The van der Waals surface area contributed by atoms with Gasteiger partial charge in [0.2, 0.25) is 11.6 Å². The zero-order chi connectivity index (χ0) is 42.4. The molecule has 4 aliphatic rings. The van der Waals surface area contributed by atoms with E-state index in [2.05, 4.69) is 118 Å². The smallest absolute Gasteiger partial charge is 0.204 e. The number of benzene rings is 4. The first-order valence-corrected chi connectivity index (χ1v) is 20.9. The molecule has 0 unspecified atom stereocenters. The van der Waals surface area contributed by atoms with Crippen molar-refractivity contribution in [2.24, 2.45) is 0 Å². The van der Waals surface area contributed by atoms with Gasteiger partial charge in [0.25, 0.3) is 0 Å². The van der Waals surface area contributed by atoms with Gasteiger partial charge < -0.3 is 34.6 Å². The lowest BCUT2D eigenvalue weighted by molar-refractivity contribution is 0.111. The van der Waals surface area contributed by atoms with Gasteiger partial charge in [-0.25, -0.2) is 9.97 Å². The number of piperidine rings is 2. The zero-order valence-electron chi connectivity index (χ0n) is 34.1. The van der Waals surface area contributed by atoms with Gasteiger partial charge in [0.15, 0.2) is 35.1 Å².